The third-order valence-corrected chi connectivity index (χ3v) is 6.60. The molecule has 0 radical (unpaired) electrons. The van der Waals surface area contributed by atoms with Crippen molar-refractivity contribution in [1.29, 1.82) is 0 Å². The zero-order valence-corrected chi connectivity index (χ0v) is 22.8. The van der Waals surface area contributed by atoms with E-state index in [0.717, 1.165) is 46.6 Å². The Morgan fingerprint density at radius 1 is 0.425 bits per heavy atom. The van der Waals surface area contributed by atoms with Crippen LogP contribution in [0.1, 0.15) is 44.5 Å². The molecule has 5 aromatic rings. The van der Waals surface area contributed by atoms with E-state index >= 15 is 0 Å². The van der Waals surface area contributed by atoms with Crippen molar-refractivity contribution >= 4 is 0 Å². The molecule has 0 saturated heterocycles. The Morgan fingerprint density at radius 2 is 0.800 bits per heavy atom. The molecule has 0 aromatic heterocycles. The monoisotopic (exact) mass is 518 g/mol. The van der Waals surface area contributed by atoms with Gasteiger partial charge in [-0.3, -0.25) is 0 Å². The first-order valence-electron chi connectivity index (χ1n) is 13.3. The van der Waals surface area contributed by atoms with E-state index in [4.69, 9.17) is 9.47 Å². The van der Waals surface area contributed by atoms with E-state index < -0.39 is 0 Å². The molecule has 2 heteroatoms. The number of methoxy groups -OCH3 is 2. The van der Waals surface area contributed by atoms with E-state index in [2.05, 4.69) is 72.2 Å². The topological polar surface area (TPSA) is 18.5 Å². The van der Waals surface area contributed by atoms with Crippen molar-refractivity contribution in [2.24, 2.45) is 0 Å². The molecule has 0 amide bonds. The molecule has 0 fully saturated rings. The van der Waals surface area contributed by atoms with Gasteiger partial charge in [0, 0.05) is 11.1 Å². The van der Waals surface area contributed by atoms with Crippen molar-refractivity contribution in [2.45, 2.75) is 12.8 Å². The van der Waals surface area contributed by atoms with Gasteiger partial charge >= 0.3 is 0 Å². The van der Waals surface area contributed by atoms with Crippen LogP contribution in [0.2, 0.25) is 0 Å². The number of rotatable bonds is 6. The van der Waals surface area contributed by atoms with Gasteiger partial charge in [-0.25, -0.2) is 0 Å². The van der Waals surface area contributed by atoms with Crippen molar-refractivity contribution < 1.29 is 9.47 Å². The van der Waals surface area contributed by atoms with Crippen molar-refractivity contribution in [3.63, 3.8) is 0 Å². The van der Waals surface area contributed by atoms with Crippen LogP contribution >= 0.6 is 0 Å². The predicted octanol–water partition coefficient (Wildman–Crippen LogP) is 7.69. The molecule has 0 aliphatic rings. The van der Waals surface area contributed by atoms with Crippen molar-refractivity contribution in [2.75, 3.05) is 14.2 Å². The molecule has 0 N–H and O–H groups in total. The fourth-order valence-electron chi connectivity index (χ4n) is 4.47. The van der Waals surface area contributed by atoms with Crippen LogP contribution in [0.15, 0.2) is 121 Å². The molecular weight excluding hydrogens is 488 g/mol. The lowest BCUT2D eigenvalue weighted by molar-refractivity contribution is 0.413. The summed E-state index contributed by atoms with van der Waals surface area (Å²) in [4.78, 5) is 0. The second kappa shape index (κ2) is 13.1. The van der Waals surface area contributed by atoms with Gasteiger partial charge in [0.25, 0.3) is 0 Å². The van der Waals surface area contributed by atoms with Crippen LogP contribution in [-0.4, -0.2) is 14.2 Å². The summed E-state index contributed by atoms with van der Waals surface area (Å²) >= 11 is 0. The minimum absolute atomic E-state index is 0.795. The summed E-state index contributed by atoms with van der Waals surface area (Å²) in [5, 5.41) is 0. The van der Waals surface area contributed by atoms with Gasteiger partial charge in [0.15, 0.2) is 0 Å². The van der Waals surface area contributed by atoms with Gasteiger partial charge in [-0.15, -0.1) is 0 Å². The average molecular weight is 519 g/mol. The largest absolute Gasteiger partial charge is 0.495 e. The fourth-order valence-corrected chi connectivity index (χ4v) is 4.47. The van der Waals surface area contributed by atoms with Crippen LogP contribution in [-0.2, 0) is 12.8 Å². The minimum atomic E-state index is 0.795. The number of hydrogen-bond donors (Lipinski definition) is 0. The summed E-state index contributed by atoms with van der Waals surface area (Å²) in [6, 6.07) is 41.2. The lowest BCUT2D eigenvalue weighted by Crippen LogP contribution is -1.95. The Hall–Kier alpha value is -5.18. The molecule has 5 rings (SSSR count). The quantitative estimate of drug-likeness (QED) is 0.215. The molecule has 5 aromatic carbocycles. The number of ether oxygens (including phenoxy) is 2. The highest BCUT2D eigenvalue weighted by Crippen LogP contribution is 2.24. The zero-order chi connectivity index (χ0) is 27.6. The maximum Gasteiger partial charge on any atom is 0.134 e. The third-order valence-electron chi connectivity index (χ3n) is 6.60. The minimum Gasteiger partial charge on any atom is -0.495 e. The SMILES string of the molecule is COc1cc(Cc2ccc(Cc3ccc(C#Cc4ccccc4)c(OC)c3)cc2)ccc1C#Cc1ccccc1. The summed E-state index contributed by atoms with van der Waals surface area (Å²) in [5.74, 6) is 14.5. The predicted molar refractivity (Wildman–Crippen MR) is 163 cm³/mol. The van der Waals surface area contributed by atoms with Crippen LogP contribution in [0.25, 0.3) is 0 Å². The van der Waals surface area contributed by atoms with E-state index in [1.165, 1.54) is 22.3 Å². The van der Waals surface area contributed by atoms with Crippen molar-refractivity contribution in [3.8, 4) is 35.2 Å². The summed E-state index contributed by atoms with van der Waals surface area (Å²) in [6.07, 6.45) is 1.65. The second-order valence-corrected chi connectivity index (χ2v) is 9.47. The Bertz CT molecular complexity index is 1570. The first-order valence-corrected chi connectivity index (χ1v) is 13.3. The maximum atomic E-state index is 5.64. The lowest BCUT2D eigenvalue weighted by atomic mass is 9.98. The summed E-state index contributed by atoms with van der Waals surface area (Å²) in [5.41, 5.74) is 8.62. The van der Waals surface area contributed by atoms with Crippen LogP contribution in [0.4, 0.5) is 0 Å². The van der Waals surface area contributed by atoms with E-state index in [1.54, 1.807) is 14.2 Å². The maximum absolute atomic E-state index is 5.64. The molecule has 2 nitrogen and oxygen atoms in total. The average Bonchev–Trinajstić information content (AvgIpc) is 3.01. The highest BCUT2D eigenvalue weighted by Gasteiger charge is 2.06. The van der Waals surface area contributed by atoms with Crippen LogP contribution in [0.3, 0.4) is 0 Å². The first-order chi connectivity index (χ1) is 19.7. The van der Waals surface area contributed by atoms with Gasteiger partial charge in [0.2, 0.25) is 0 Å². The Labute approximate surface area is 237 Å². The molecule has 0 heterocycles. The van der Waals surface area contributed by atoms with Crippen LogP contribution in [0, 0.1) is 23.7 Å². The molecule has 194 valence electrons. The van der Waals surface area contributed by atoms with Crippen LogP contribution in [0.5, 0.6) is 11.5 Å². The van der Waals surface area contributed by atoms with Crippen LogP contribution < -0.4 is 9.47 Å². The fraction of sp³-hybridized carbons (Fsp3) is 0.105. The van der Waals surface area contributed by atoms with E-state index in [1.807, 2.05) is 72.8 Å². The molecular formula is C38H30O2. The van der Waals surface area contributed by atoms with Crippen molar-refractivity contribution in [3.05, 3.63) is 166 Å². The molecule has 0 unspecified atom stereocenters. The Kier molecular flexibility index (Phi) is 8.63. The normalized spacial score (nSPS) is 10.1. The highest BCUT2D eigenvalue weighted by atomic mass is 16.5. The molecule has 0 spiro atoms. The van der Waals surface area contributed by atoms with Gasteiger partial charge in [-0.05, 0) is 83.6 Å². The molecule has 0 saturated carbocycles. The van der Waals surface area contributed by atoms with Gasteiger partial charge in [-0.2, -0.15) is 0 Å². The number of hydrogen-bond acceptors (Lipinski definition) is 2. The lowest BCUT2D eigenvalue weighted by Gasteiger charge is -2.09. The second-order valence-electron chi connectivity index (χ2n) is 9.47. The summed E-state index contributed by atoms with van der Waals surface area (Å²) < 4.78 is 11.3. The third kappa shape index (κ3) is 7.02. The Balaban J connectivity index is 1.25. The van der Waals surface area contributed by atoms with Gasteiger partial charge in [-0.1, -0.05) is 96.5 Å². The number of benzene rings is 5. The van der Waals surface area contributed by atoms with Gasteiger partial charge in [0.05, 0.1) is 25.3 Å². The van der Waals surface area contributed by atoms with Crippen molar-refractivity contribution in [1.82, 2.24) is 0 Å². The summed E-state index contributed by atoms with van der Waals surface area (Å²) in [7, 11) is 3.39. The smallest absolute Gasteiger partial charge is 0.134 e. The molecule has 0 aliphatic heterocycles. The zero-order valence-electron chi connectivity index (χ0n) is 22.8. The molecule has 40 heavy (non-hydrogen) atoms. The molecule has 0 aliphatic carbocycles. The highest BCUT2D eigenvalue weighted by molar-refractivity contribution is 5.53. The first kappa shape index (κ1) is 26.4. The van der Waals surface area contributed by atoms with Gasteiger partial charge < -0.3 is 9.47 Å². The van der Waals surface area contributed by atoms with E-state index in [-0.39, 0.29) is 0 Å². The Morgan fingerprint density at radius 3 is 1.18 bits per heavy atom. The molecule has 0 bridgehead atoms. The molecule has 0 atom stereocenters. The van der Waals surface area contributed by atoms with Gasteiger partial charge in [0.1, 0.15) is 11.5 Å². The van der Waals surface area contributed by atoms with E-state index in [9.17, 15) is 0 Å². The standard InChI is InChI=1S/C38H30O2/c1-39-37-27-33(19-23-35(37)21-17-29-9-5-3-6-10-29)25-31-13-15-32(16-14-31)26-34-20-24-36(38(28-34)40-2)22-18-30-11-7-4-8-12-30/h3-16,19-20,23-24,27-28H,25-26H2,1-2H3. The summed E-state index contributed by atoms with van der Waals surface area (Å²) in [6.45, 7) is 0. The van der Waals surface area contributed by atoms with E-state index in [0.29, 0.717) is 0 Å².